The number of rotatable bonds is 7. The fourth-order valence-electron chi connectivity index (χ4n) is 8.28. The van der Waals surface area contributed by atoms with Gasteiger partial charge in [0.25, 0.3) is 0 Å². The summed E-state index contributed by atoms with van der Waals surface area (Å²) in [6.07, 6.45) is 3.80. The number of aryl methyl sites for hydroxylation is 2. The van der Waals surface area contributed by atoms with Gasteiger partial charge in [-0.2, -0.15) is 0 Å². The zero-order chi connectivity index (χ0) is 33.9. The third-order valence-corrected chi connectivity index (χ3v) is 11.9. The van der Waals surface area contributed by atoms with Crippen LogP contribution in [0.3, 0.4) is 0 Å². The zero-order valence-electron chi connectivity index (χ0n) is 28.5. The van der Waals surface area contributed by atoms with Gasteiger partial charge in [-0.3, -0.25) is 0 Å². The van der Waals surface area contributed by atoms with E-state index in [1.807, 2.05) is 0 Å². The van der Waals surface area contributed by atoms with Gasteiger partial charge >= 0.3 is 0 Å². The maximum atomic E-state index is 3.67. The van der Waals surface area contributed by atoms with E-state index in [0.29, 0.717) is 5.41 Å². The van der Waals surface area contributed by atoms with Crippen molar-refractivity contribution in [2.45, 2.75) is 57.8 Å². The second-order valence-electron chi connectivity index (χ2n) is 14.6. The first-order chi connectivity index (χ1) is 23.6. The summed E-state index contributed by atoms with van der Waals surface area (Å²) in [5.74, 6) is 0. The maximum absolute atomic E-state index is 3.67. The number of halogens is 2. The van der Waals surface area contributed by atoms with Gasteiger partial charge in [0.05, 0.1) is 0 Å². The van der Waals surface area contributed by atoms with E-state index < -0.39 is 0 Å². The molecule has 49 heavy (non-hydrogen) atoms. The summed E-state index contributed by atoms with van der Waals surface area (Å²) in [5, 5.41) is 0. The predicted octanol–water partition coefficient (Wildman–Crippen LogP) is 14.1. The molecule has 0 amide bonds. The van der Waals surface area contributed by atoms with E-state index in [9.17, 15) is 0 Å². The second kappa shape index (κ2) is 12.3. The highest BCUT2D eigenvalue weighted by molar-refractivity contribution is 9.10. The lowest BCUT2D eigenvalue weighted by Gasteiger charge is -2.31. The van der Waals surface area contributed by atoms with Crippen molar-refractivity contribution in [2.24, 2.45) is 0 Å². The van der Waals surface area contributed by atoms with Gasteiger partial charge in [-0.15, -0.1) is 0 Å². The van der Waals surface area contributed by atoms with E-state index >= 15 is 0 Å². The van der Waals surface area contributed by atoms with Crippen molar-refractivity contribution in [3.63, 3.8) is 0 Å². The molecule has 4 heteroatoms. The zero-order valence-corrected chi connectivity index (χ0v) is 31.6. The number of nitrogens with zero attached hydrogens (tertiary/aromatic N) is 2. The van der Waals surface area contributed by atoms with Gasteiger partial charge in [0, 0.05) is 43.1 Å². The molecule has 0 saturated heterocycles. The molecule has 2 aliphatic carbocycles. The van der Waals surface area contributed by atoms with E-state index in [1.165, 1.54) is 47.1 Å². The first kappa shape index (κ1) is 32.1. The second-order valence-corrected chi connectivity index (χ2v) is 16.4. The first-order valence-electron chi connectivity index (χ1n) is 17.1. The third kappa shape index (κ3) is 5.93. The van der Waals surface area contributed by atoms with Crippen molar-refractivity contribution >= 4 is 66.0 Å². The van der Waals surface area contributed by atoms with Crippen LogP contribution in [0.1, 0.15) is 55.4 Å². The summed E-state index contributed by atoms with van der Waals surface area (Å²) in [6, 6.07) is 49.3. The van der Waals surface area contributed by atoms with Crippen LogP contribution in [0.5, 0.6) is 0 Å². The van der Waals surface area contributed by atoms with Crippen molar-refractivity contribution in [3.05, 3.63) is 165 Å². The summed E-state index contributed by atoms with van der Waals surface area (Å²) in [5.41, 5.74) is 15.2. The fraction of sp³-hybridized carbons (Fsp3) is 0.200. The molecule has 1 fully saturated rings. The highest BCUT2D eigenvalue weighted by Gasteiger charge is 2.52. The van der Waals surface area contributed by atoms with Crippen LogP contribution in [0, 0.1) is 13.8 Å². The van der Waals surface area contributed by atoms with Crippen LogP contribution in [0.15, 0.2) is 142 Å². The highest BCUT2D eigenvalue weighted by atomic mass is 79.9. The van der Waals surface area contributed by atoms with Crippen LogP contribution in [0.25, 0.3) is 11.1 Å². The Morgan fingerprint density at radius 2 is 0.837 bits per heavy atom. The van der Waals surface area contributed by atoms with Gasteiger partial charge in [0.15, 0.2) is 0 Å². The third-order valence-electron chi connectivity index (χ3n) is 10.8. The molecule has 0 spiro atoms. The summed E-state index contributed by atoms with van der Waals surface area (Å²) >= 11 is 7.33. The topological polar surface area (TPSA) is 6.48 Å². The van der Waals surface area contributed by atoms with Crippen LogP contribution in [0.4, 0.5) is 34.1 Å². The van der Waals surface area contributed by atoms with Crippen LogP contribution in [0.2, 0.25) is 0 Å². The number of anilines is 6. The standard InChI is InChI=1S/C45H40Br2N2/c1-30-5-14-36(15-6-30)48(37-16-7-31(2)8-17-37)40-25-33(32-9-22-42-43(27-32)45(4)24-23-44(42,3)29-45)26-41(28-40)49(38-18-10-34(46)11-19-38)39-20-12-35(47)13-21-39/h5-22,25-28H,23-24,29H2,1-4H3. The Bertz CT molecular complexity index is 1950. The Labute approximate surface area is 307 Å². The van der Waals surface area contributed by atoms with Crippen molar-refractivity contribution in [3.8, 4) is 11.1 Å². The average Bonchev–Trinajstić information content (AvgIpc) is 3.55. The van der Waals surface area contributed by atoms with Crippen molar-refractivity contribution < 1.29 is 0 Å². The molecule has 0 N–H and O–H groups in total. The molecule has 2 aliphatic rings. The van der Waals surface area contributed by atoms with Crippen LogP contribution in [-0.4, -0.2) is 0 Å². The van der Waals surface area contributed by atoms with Gasteiger partial charge in [-0.1, -0.05) is 99.3 Å². The quantitative estimate of drug-likeness (QED) is 0.160. The van der Waals surface area contributed by atoms with Gasteiger partial charge in [0.1, 0.15) is 0 Å². The molecule has 244 valence electrons. The van der Waals surface area contributed by atoms with Crippen LogP contribution in [-0.2, 0) is 10.8 Å². The van der Waals surface area contributed by atoms with E-state index in [4.69, 9.17) is 0 Å². The van der Waals surface area contributed by atoms with Crippen LogP contribution < -0.4 is 9.80 Å². The lowest BCUT2D eigenvalue weighted by atomic mass is 9.77. The van der Waals surface area contributed by atoms with E-state index in [0.717, 1.165) is 43.1 Å². The van der Waals surface area contributed by atoms with E-state index in [2.05, 4.69) is 203 Å². The lowest BCUT2D eigenvalue weighted by Crippen LogP contribution is -2.18. The molecule has 0 aliphatic heterocycles. The minimum Gasteiger partial charge on any atom is -0.310 e. The summed E-state index contributed by atoms with van der Waals surface area (Å²) < 4.78 is 2.11. The normalized spacial score (nSPS) is 19.1. The molecular formula is C45H40Br2N2. The summed E-state index contributed by atoms with van der Waals surface area (Å²) in [7, 11) is 0. The first-order valence-corrected chi connectivity index (χ1v) is 18.7. The molecule has 8 rings (SSSR count). The Kier molecular flexibility index (Phi) is 8.08. The molecular weight excluding hydrogens is 728 g/mol. The van der Waals surface area contributed by atoms with E-state index in [1.54, 1.807) is 5.56 Å². The highest BCUT2D eigenvalue weighted by Crippen LogP contribution is 2.61. The number of benzene rings is 6. The minimum atomic E-state index is 0.247. The molecule has 2 bridgehead atoms. The van der Waals surface area contributed by atoms with Crippen molar-refractivity contribution in [1.29, 1.82) is 0 Å². The monoisotopic (exact) mass is 766 g/mol. The molecule has 0 radical (unpaired) electrons. The van der Waals surface area contributed by atoms with Gasteiger partial charge in [-0.25, -0.2) is 0 Å². The summed E-state index contributed by atoms with van der Waals surface area (Å²) in [4.78, 5) is 4.76. The SMILES string of the molecule is Cc1ccc(N(c2ccc(C)cc2)c2cc(-c3ccc4c(c3)C3(C)CCC4(C)C3)cc(N(c3ccc(Br)cc3)c3ccc(Br)cc3)c2)cc1. The average molecular weight is 769 g/mol. The number of hydrogen-bond acceptors (Lipinski definition) is 2. The van der Waals surface area contributed by atoms with Crippen molar-refractivity contribution in [1.82, 2.24) is 0 Å². The molecule has 6 aromatic carbocycles. The Balaban J connectivity index is 1.38. The number of hydrogen-bond donors (Lipinski definition) is 0. The number of fused-ring (bicyclic) bond motifs is 5. The summed E-state index contributed by atoms with van der Waals surface area (Å²) in [6.45, 7) is 9.25. The Morgan fingerprint density at radius 3 is 1.29 bits per heavy atom. The molecule has 2 unspecified atom stereocenters. The van der Waals surface area contributed by atoms with Gasteiger partial charge < -0.3 is 9.80 Å². The molecule has 0 aromatic heterocycles. The molecule has 6 aromatic rings. The maximum Gasteiger partial charge on any atom is 0.0488 e. The van der Waals surface area contributed by atoms with Gasteiger partial charge in [0.2, 0.25) is 0 Å². The predicted molar refractivity (Wildman–Crippen MR) is 215 cm³/mol. The molecule has 2 nitrogen and oxygen atoms in total. The Morgan fingerprint density at radius 1 is 0.429 bits per heavy atom. The molecule has 0 heterocycles. The molecule has 1 saturated carbocycles. The molecule has 2 atom stereocenters. The van der Waals surface area contributed by atoms with E-state index in [-0.39, 0.29) is 5.41 Å². The van der Waals surface area contributed by atoms with Crippen LogP contribution >= 0.6 is 31.9 Å². The largest absolute Gasteiger partial charge is 0.310 e. The smallest absolute Gasteiger partial charge is 0.0488 e. The fourth-order valence-corrected chi connectivity index (χ4v) is 8.81. The lowest BCUT2D eigenvalue weighted by molar-refractivity contribution is 0.484. The Hall–Kier alpha value is -4.12. The minimum absolute atomic E-state index is 0.247. The van der Waals surface area contributed by atoms with Gasteiger partial charge in [-0.05, 0) is 157 Å². The van der Waals surface area contributed by atoms with Crippen molar-refractivity contribution in [2.75, 3.05) is 9.80 Å².